The van der Waals surface area contributed by atoms with Crippen LogP contribution in [0, 0.1) is 0 Å². The Balaban J connectivity index is 4.12. The summed E-state index contributed by atoms with van der Waals surface area (Å²) >= 11 is 0. The van der Waals surface area contributed by atoms with Gasteiger partial charge in [0.2, 0.25) is 5.91 Å². The molecule has 0 aliphatic heterocycles. The van der Waals surface area contributed by atoms with Crippen molar-refractivity contribution in [1.82, 2.24) is 4.90 Å². The molecule has 0 radical (unpaired) electrons. The number of carboxylic acid groups (broad SMARTS) is 1. The molecule has 0 saturated carbocycles. The number of likely N-dealkylation sites (N-methyl/N-ethyl adjacent to an activating group) is 1. The Morgan fingerprint density at radius 2 is 2.00 bits per heavy atom. The first-order chi connectivity index (χ1) is 5.00. The van der Waals surface area contributed by atoms with Gasteiger partial charge in [-0.2, -0.15) is 0 Å². The van der Waals surface area contributed by atoms with Crippen LogP contribution in [-0.2, 0) is 9.59 Å². The number of aliphatic carboxylic acids is 1. The smallest absolute Gasteiger partial charge is 0.326 e. The van der Waals surface area contributed by atoms with Crippen LogP contribution < -0.4 is 0 Å². The molecule has 0 aliphatic carbocycles. The summed E-state index contributed by atoms with van der Waals surface area (Å²) in [4.78, 5) is 22.5. The lowest BCUT2D eigenvalue weighted by Crippen LogP contribution is -2.39. The summed E-state index contributed by atoms with van der Waals surface area (Å²) < 4.78 is 0. The number of rotatable bonds is 3. The molecule has 0 aromatic carbocycles. The van der Waals surface area contributed by atoms with Gasteiger partial charge in [-0.3, -0.25) is 4.79 Å². The van der Waals surface area contributed by atoms with Gasteiger partial charge in [0.25, 0.3) is 0 Å². The third-order valence-corrected chi connectivity index (χ3v) is 1.63. The molecule has 0 aromatic heterocycles. The van der Waals surface area contributed by atoms with Gasteiger partial charge in [0.1, 0.15) is 6.04 Å². The molecule has 1 amide bonds. The quantitative estimate of drug-likeness (QED) is 0.645. The highest BCUT2D eigenvalue weighted by Gasteiger charge is 2.19. The van der Waals surface area contributed by atoms with E-state index in [2.05, 4.69) is 0 Å². The summed E-state index contributed by atoms with van der Waals surface area (Å²) in [6.45, 7) is 3.18. The maximum absolute atomic E-state index is 10.9. The maximum atomic E-state index is 10.9. The third-order valence-electron chi connectivity index (χ3n) is 1.63. The van der Waals surface area contributed by atoms with Gasteiger partial charge in [-0.05, 0) is 6.92 Å². The van der Waals surface area contributed by atoms with Crippen LogP contribution in [0.1, 0.15) is 20.3 Å². The van der Waals surface area contributed by atoms with Crippen molar-refractivity contribution in [3.05, 3.63) is 0 Å². The fourth-order valence-corrected chi connectivity index (χ4v) is 0.631. The predicted molar refractivity (Wildman–Crippen MR) is 40.2 cm³/mol. The zero-order chi connectivity index (χ0) is 9.02. The Morgan fingerprint density at radius 1 is 1.55 bits per heavy atom. The first kappa shape index (κ1) is 9.94. The van der Waals surface area contributed by atoms with E-state index < -0.39 is 12.0 Å². The Bertz CT molecular complexity index is 167. The van der Waals surface area contributed by atoms with Gasteiger partial charge in [0.15, 0.2) is 0 Å². The molecule has 1 unspecified atom stereocenters. The van der Waals surface area contributed by atoms with Crippen molar-refractivity contribution in [2.45, 2.75) is 26.3 Å². The maximum Gasteiger partial charge on any atom is 0.326 e. The molecule has 0 aromatic rings. The Kier molecular flexibility index (Phi) is 3.57. The minimum absolute atomic E-state index is 0.153. The second kappa shape index (κ2) is 3.95. The number of carbonyl (C=O) groups is 2. The Hall–Kier alpha value is -1.06. The fraction of sp³-hybridized carbons (Fsp3) is 0.714. The second-order valence-electron chi connectivity index (χ2n) is 2.37. The predicted octanol–water partition coefficient (Wildman–Crippen LogP) is 0.328. The van der Waals surface area contributed by atoms with E-state index in [0.717, 1.165) is 0 Å². The normalized spacial score (nSPS) is 12.3. The largest absolute Gasteiger partial charge is 0.480 e. The molecule has 0 spiro atoms. The van der Waals surface area contributed by atoms with Crippen molar-refractivity contribution in [1.29, 1.82) is 0 Å². The van der Waals surface area contributed by atoms with E-state index in [1.54, 1.807) is 6.92 Å². The van der Waals surface area contributed by atoms with Gasteiger partial charge in [-0.15, -0.1) is 0 Å². The lowest BCUT2D eigenvalue weighted by Gasteiger charge is -2.20. The number of amides is 1. The third kappa shape index (κ3) is 2.57. The van der Waals surface area contributed by atoms with Crippen LogP contribution in [-0.4, -0.2) is 35.0 Å². The number of nitrogens with zero attached hydrogens (tertiary/aromatic N) is 1. The van der Waals surface area contributed by atoms with E-state index in [1.165, 1.54) is 18.9 Å². The molecule has 11 heavy (non-hydrogen) atoms. The zero-order valence-corrected chi connectivity index (χ0v) is 7.00. The van der Waals surface area contributed by atoms with Crippen molar-refractivity contribution in [3.63, 3.8) is 0 Å². The molecule has 0 aliphatic rings. The summed E-state index contributed by atoms with van der Waals surface area (Å²) in [6, 6.07) is -0.734. The van der Waals surface area contributed by atoms with E-state index in [0.29, 0.717) is 6.42 Å². The Morgan fingerprint density at radius 3 is 2.27 bits per heavy atom. The van der Waals surface area contributed by atoms with Crippen LogP contribution in [0.5, 0.6) is 0 Å². The lowest BCUT2D eigenvalue weighted by molar-refractivity contribution is -0.148. The van der Waals surface area contributed by atoms with E-state index >= 15 is 0 Å². The molecule has 0 heterocycles. The van der Waals surface area contributed by atoms with Crippen molar-refractivity contribution < 1.29 is 14.7 Å². The molecular formula is C7H13NO3. The molecule has 0 saturated heterocycles. The minimum atomic E-state index is -0.977. The minimum Gasteiger partial charge on any atom is -0.480 e. The summed E-state index contributed by atoms with van der Waals surface area (Å²) in [6.07, 6.45) is 0.341. The first-order valence-electron chi connectivity index (χ1n) is 3.49. The highest BCUT2D eigenvalue weighted by Crippen LogP contribution is 1.97. The fourth-order valence-electron chi connectivity index (χ4n) is 0.631. The first-order valence-corrected chi connectivity index (χ1v) is 3.49. The average molecular weight is 159 g/mol. The standard InChI is InChI=1S/C7H13NO3/c1-4-6(9)8(3)5(2)7(10)11/h5H,4H2,1-3H3,(H,10,11). The van der Waals surface area contributed by atoms with E-state index in [9.17, 15) is 9.59 Å². The van der Waals surface area contributed by atoms with Gasteiger partial charge >= 0.3 is 5.97 Å². The number of hydrogen-bond donors (Lipinski definition) is 1. The highest BCUT2D eigenvalue weighted by atomic mass is 16.4. The number of carboxylic acids is 1. The van der Waals surface area contributed by atoms with Crippen LogP contribution in [0.25, 0.3) is 0 Å². The number of carbonyl (C=O) groups excluding carboxylic acids is 1. The van der Waals surface area contributed by atoms with Crippen molar-refractivity contribution in [2.24, 2.45) is 0 Å². The van der Waals surface area contributed by atoms with Crippen molar-refractivity contribution in [2.75, 3.05) is 7.05 Å². The molecule has 4 nitrogen and oxygen atoms in total. The van der Waals surface area contributed by atoms with Crippen LogP contribution in [0.3, 0.4) is 0 Å². The van der Waals surface area contributed by atoms with Gasteiger partial charge in [-0.25, -0.2) is 4.79 Å². The van der Waals surface area contributed by atoms with Crippen LogP contribution in [0.2, 0.25) is 0 Å². The van der Waals surface area contributed by atoms with E-state index in [1.807, 2.05) is 0 Å². The Labute approximate surface area is 65.8 Å². The molecule has 1 atom stereocenters. The monoisotopic (exact) mass is 159 g/mol. The molecule has 64 valence electrons. The highest BCUT2D eigenvalue weighted by molar-refractivity contribution is 5.82. The lowest BCUT2D eigenvalue weighted by atomic mass is 10.3. The van der Waals surface area contributed by atoms with Crippen LogP contribution >= 0.6 is 0 Å². The summed E-state index contributed by atoms with van der Waals surface area (Å²) in [7, 11) is 1.49. The van der Waals surface area contributed by atoms with Gasteiger partial charge in [0, 0.05) is 13.5 Å². The van der Waals surface area contributed by atoms with Gasteiger partial charge in [-0.1, -0.05) is 6.92 Å². The average Bonchev–Trinajstić information content (AvgIpc) is 2.00. The van der Waals surface area contributed by atoms with Crippen LogP contribution in [0.15, 0.2) is 0 Å². The van der Waals surface area contributed by atoms with Crippen LogP contribution in [0.4, 0.5) is 0 Å². The summed E-state index contributed by atoms with van der Waals surface area (Å²) in [5.74, 6) is -1.13. The summed E-state index contributed by atoms with van der Waals surface area (Å²) in [5, 5.41) is 8.50. The topological polar surface area (TPSA) is 57.6 Å². The SMILES string of the molecule is CCC(=O)N(C)C(C)C(=O)O. The van der Waals surface area contributed by atoms with Crippen molar-refractivity contribution >= 4 is 11.9 Å². The van der Waals surface area contributed by atoms with Gasteiger partial charge < -0.3 is 10.0 Å². The number of hydrogen-bond acceptors (Lipinski definition) is 2. The molecule has 4 heteroatoms. The van der Waals surface area contributed by atoms with E-state index in [4.69, 9.17) is 5.11 Å². The van der Waals surface area contributed by atoms with Gasteiger partial charge in [0.05, 0.1) is 0 Å². The molecular weight excluding hydrogens is 146 g/mol. The molecule has 0 bridgehead atoms. The zero-order valence-electron chi connectivity index (χ0n) is 7.00. The second-order valence-corrected chi connectivity index (χ2v) is 2.37. The summed E-state index contributed by atoms with van der Waals surface area (Å²) in [5.41, 5.74) is 0. The molecule has 0 fully saturated rings. The van der Waals surface area contributed by atoms with Crippen molar-refractivity contribution in [3.8, 4) is 0 Å². The molecule has 1 N–H and O–H groups in total. The van der Waals surface area contributed by atoms with E-state index in [-0.39, 0.29) is 5.91 Å². The molecule has 0 rings (SSSR count).